The quantitative estimate of drug-likeness (QED) is 0.683. The molecule has 2 N–H and O–H groups in total. The van der Waals surface area contributed by atoms with Gasteiger partial charge in [-0.3, -0.25) is 0 Å². The number of hydrogen-bond donors (Lipinski definition) is 2. The van der Waals surface area contributed by atoms with Gasteiger partial charge in [-0.2, -0.15) is 0 Å². The molecule has 6 atom stereocenters. The SMILES string of the molecule is CCCCCNC(=O)O[C@H]1[C@@H](OC)O[C@@H]2COC(c3ccccc3)O[C@H]2[C@@H]1O. The number of aliphatic hydroxyl groups is 1. The summed E-state index contributed by atoms with van der Waals surface area (Å²) in [5.74, 6) is 0. The van der Waals surface area contributed by atoms with E-state index in [0.29, 0.717) is 6.54 Å². The molecular weight excluding hydrogens is 366 g/mol. The molecule has 156 valence electrons. The van der Waals surface area contributed by atoms with Crippen molar-refractivity contribution >= 4 is 6.09 Å². The van der Waals surface area contributed by atoms with E-state index in [1.165, 1.54) is 7.11 Å². The van der Waals surface area contributed by atoms with Crippen LogP contribution in [0.25, 0.3) is 0 Å². The Morgan fingerprint density at radius 3 is 2.75 bits per heavy atom. The second-order valence-corrected chi connectivity index (χ2v) is 6.95. The second-order valence-electron chi connectivity index (χ2n) is 6.95. The van der Waals surface area contributed by atoms with Crippen molar-refractivity contribution in [2.45, 2.75) is 63.2 Å². The maximum Gasteiger partial charge on any atom is 0.407 e. The van der Waals surface area contributed by atoms with E-state index >= 15 is 0 Å². The van der Waals surface area contributed by atoms with Gasteiger partial charge in [-0.05, 0) is 6.42 Å². The number of methoxy groups -OCH3 is 1. The molecule has 0 bridgehead atoms. The van der Waals surface area contributed by atoms with E-state index in [0.717, 1.165) is 24.8 Å². The third-order valence-electron chi connectivity index (χ3n) is 4.91. The molecule has 1 aromatic carbocycles. The monoisotopic (exact) mass is 395 g/mol. The summed E-state index contributed by atoms with van der Waals surface area (Å²) in [5, 5.41) is 13.5. The molecule has 1 unspecified atom stereocenters. The predicted molar refractivity (Wildman–Crippen MR) is 99.5 cm³/mol. The zero-order valence-electron chi connectivity index (χ0n) is 16.3. The molecule has 0 radical (unpaired) electrons. The number of aliphatic hydroxyl groups excluding tert-OH is 1. The van der Waals surface area contributed by atoms with Crippen LogP contribution >= 0.6 is 0 Å². The van der Waals surface area contributed by atoms with Crippen LogP contribution in [0.2, 0.25) is 0 Å². The molecule has 2 saturated heterocycles. The summed E-state index contributed by atoms with van der Waals surface area (Å²) in [5.41, 5.74) is 0.841. The third-order valence-corrected chi connectivity index (χ3v) is 4.91. The Bertz CT molecular complexity index is 614. The van der Waals surface area contributed by atoms with E-state index in [1.54, 1.807) is 0 Å². The van der Waals surface area contributed by atoms with Crippen molar-refractivity contribution in [1.82, 2.24) is 5.32 Å². The van der Waals surface area contributed by atoms with Gasteiger partial charge < -0.3 is 34.1 Å². The van der Waals surface area contributed by atoms with Gasteiger partial charge >= 0.3 is 6.09 Å². The van der Waals surface area contributed by atoms with Crippen molar-refractivity contribution < 1.29 is 33.6 Å². The molecule has 2 fully saturated rings. The summed E-state index contributed by atoms with van der Waals surface area (Å²) in [7, 11) is 1.44. The van der Waals surface area contributed by atoms with Gasteiger partial charge in [0.15, 0.2) is 18.7 Å². The molecule has 8 heteroatoms. The molecule has 8 nitrogen and oxygen atoms in total. The fourth-order valence-corrected chi connectivity index (χ4v) is 3.39. The molecule has 0 aromatic heterocycles. The summed E-state index contributed by atoms with van der Waals surface area (Å²) in [6, 6.07) is 9.45. The first-order valence-electron chi connectivity index (χ1n) is 9.76. The molecule has 3 rings (SSSR count). The fourth-order valence-electron chi connectivity index (χ4n) is 3.39. The number of ether oxygens (including phenoxy) is 5. The number of rotatable bonds is 7. The normalized spacial score (nSPS) is 32.4. The van der Waals surface area contributed by atoms with Crippen molar-refractivity contribution in [2.75, 3.05) is 20.3 Å². The van der Waals surface area contributed by atoms with Crippen LogP contribution in [-0.4, -0.2) is 62.2 Å². The Kier molecular flexibility index (Phi) is 7.64. The van der Waals surface area contributed by atoms with E-state index in [9.17, 15) is 9.90 Å². The number of hydrogen-bond acceptors (Lipinski definition) is 7. The van der Waals surface area contributed by atoms with E-state index in [-0.39, 0.29) is 6.61 Å². The zero-order chi connectivity index (χ0) is 19.9. The summed E-state index contributed by atoms with van der Waals surface area (Å²) in [6.45, 7) is 2.84. The van der Waals surface area contributed by atoms with Crippen molar-refractivity contribution in [2.24, 2.45) is 0 Å². The lowest BCUT2D eigenvalue weighted by Gasteiger charge is -2.46. The van der Waals surface area contributed by atoms with Crippen LogP contribution in [0, 0.1) is 0 Å². The van der Waals surface area contributed by atoms with Gasteiger partial charge in [0.05, 0.1) is 6.61 Å². The first-order chi connectivity index (χ1) is 13.6. The molecule has 2 heterocycles. The van der Waals surface area contributed by atoms with E-state index in [2.05, 4.69) is 12.2 Å². The largest absolute Gasteiger partial charge is 0.438 e. The highest BCUT2D eigenvalue weighted by Gasteiger charge is 2.51. The lowest BCUT2D eigenvalue weighted by molar-refractivity contribution is -0.357. The highest BCUT2D eigenvalue weighted by molar-refractivity contribution is 5.67. The molecule has 0 aliphatic carbocycles. The van der Waals surface area contributed by atoms with Crippen LogP contribution in [0.1, 0.15) is 38.0 Å². The van der Waals surface area contributed by atoms with Crippen molar-refractivity contribution in [3.8, 4) is 0 Å². The molecule has 0 saturated carbocycles. The van der Waals surface area contributed by atoms with Gasteiger partial charge in [0.1, 0.15) is 18.3 Å². The van der Waals surface area contributed by atoms with E-state index < -0.39 is 43.1 Å². The Labute approximate surface area is 165 Å². The summed E-state index contributed by atoms with van der Waals surface area (Å²) in [6.07, 6.45) is -2.54. The lowest BCUT2D eigenvalue weighted by Crippen LogP contribution is -2.63. The molecule has 1 aromatic rings. The molecular formula is C20H29NO7. The van der Waals surface area contributed by atoms with Crippen LogP contribution in [0.15, 0.2) is 30.3 Å². The van der Waals surface area contributed by atoms with E-state index in [1.807, 2.05) is 30.3 Å². The minimum absolute atomic E-state index is 0.233. The molecule has 1 amide bonds. The standard InChI is InChI=1S/C20H29NO7/c1-3-4-8-11-21-20(23)28-17-15(22)16-14(26-19(17)24-2)12-25-18(27-16)13-9-6-5-7-10-13/h5-7,9-10,14-19,22H,3-4,8,11-12H2,1-2H3,(H,21,23)/t14-,15+,16-,17-,18?,19+/m1/s1. The Hall–Kier alpha value is -1.71. The number of benzene rings is 1. The zero-order valence-corrected chi connectivity index (χ0v) is 16.3. The van der Waals surface area contributed by atoms with Gasteiger partial charge in [-0.15, -0.1) is 0 Å². The van der Waals surface area contributed by atoms with Gasteiger partial charge in [0, 0.05) is 19.2 Å². The number of alkyl carbamates (subject to hydrolysis) is 1. The van der Waals surface area contributed by atoms with Crippen LogP contribution in [0.5, 0.6) is 0 Å². The average molecular weight is 395 g/mol. The topological polar surface area (TPSA) is 95.5 Å². The number of carbonyl (C=O) groups is 1. The van der Waals surface area contributed by atoms with Crippen LogP contribution in [-0.2, 0) is 23.7 Å². The minimum atomic E-state index is -1.11. The molecule has 28 heavy (non-hydrogen) atoms. The Balaban J connectivity index is 1.62. The van der Waals surface area contributed by atoms with Gasteiger partial charge in [0.25, 0.3) is 0 Å². The number of nitrogens with one attached hydrogen (secondary N) is 1. The average Bonchev–Trinajstić information content (AvgIpc) is 2.73. The van der Waals surface area contributed by atoms with Crippen molar-refractivity contribution in [3.05, 3.63) is 35.9 Å². The first kappa shape index (κ1) is 21.0. The smallest absolute Gasteiger partial charge is 0.407 e. The Morgan fingerprint density at radius 1 is 1.25 bits per heavy atom. The summed E-state index contributed by atoms with van der Waals surface area (Å²) >= 11 is 0. The van der Waals surface area contributed by atoms with Crippen LogP contribution in [0.4, 0.5) is 4.79 Å². The number of amides is 1. The second kappa shape index (κ2) is 10.2. The van der Waals surface area contributed by atoms with Gasteiger partial charge in [-0.25, -0.2) is 4.79 Å². The van der Waals surface area contributed by atoms with E-state index in [4.69, 9.17) is 23.7 Å². The highest BCUT2D eigenvalue weighted by Crippen LogP contribution is 2.35. The van der Waals surface area contributed by atoms with Crippen molar-refractivity contribution in [1.29, 1.82) is 0 Å². The number of carbonyl (C=O) groups excluding carboxylic acids is 1. The maximum atomic E-state index is 12.1. The minimum Gasteiger partial charge on any atom is -0.438 e. The third kappa shape index (κ3) is 5.01. The number of unbranched alkanes of at least 4 members (excludes halogenated alkanes) is 2. The molecule has 2 aliphatic rings. The first-order valence-corrected chi connectivity index (χ1v) is 9.76. The maximum absolute atomic E-state index is 12.1. The lowest BCUT2D eigenvalue weighted by atomic mass is 9.97. The summed E-state index contributed by atoms with van der Waals surface area (Å²) < 4.78 is 28.2. The Morgan fingerprint density at radius 2 is 2.04 bits per heavy atom. The number of fused-ring (bicyclic) bond motifs is 1. The fraction of sp³-hybridized carbons (Fsp3) is 0.650. The van der Waals surface area contributed by atoms with Crippen LogP contribution < -0.4 is 5.32 Å². The molecule has 0 spiro atoms. The molecule has 2 aliphatic heterocycles. The van der Waals surface area contributed by atoms with Gasteiger partial charge in [-0.1, -0.05) is 50.1 Å². The van der Waals surface area contributed by atoms with Crippen LogP contribution in [0.3, 0.4) is 0 Å². The highest BCUT2D eigenvalue weighted by atomic mass is 16.8. The van der Waals surface area contributed by atoms with Crippen molar-refractivity contribution in [3.63, 3.8) is 0 Å². The van der Waals surface area contributed by atoms with Gasteiger partial charge in [0.2, 0.25) is 0 Å². The predicted octanol–water partition coefficient (Wildman–Crippen LogP) is 2.12. The summed E-state index contributed by atoms with van der Waals surface area (Å²) in [4.78, 5) is 12.1.